The summed E-state index contributed by atoms with van der Waals surface area (Å²) in [5, 5.41) is 3.27. The molecule has 0 spiro atoms. The lowest BCUT2D eigenvalue weighted by Crippen LogP contribution is -2.16. The van der Waals surface area contributed by atoms with Gasteiger partial charge in [-0.25, -0.2) is 9.78 Å². The van der Waals surface area contributed by atoms with Crippen molar-refractivity contribution in [3.05, 3.63) is 58.7 Å². The smallest absolute Gasteiger partial charge is 0.338 e. The number of hydrogen-bond acceptors (Lipinski definition) is 5. The predicted molar refractivity (Wildman–Crippen MR) is 94.8 cm³/mol. The molecule has 1 amide bonds. The van der Waals surface area contributed by atoms with Crippen molar-refractivity contribution in [2.45, 2.75) is 13.8 Å². The molecule has 0 bridgehead atoms. The summed E-state index contributed by atoms with van der Waals surface area (Å²) in [6, 6.07) is 10.6. The number of fused-ring (bicyclic) bond motifs is 1. The summed E-state index contributed by atoms with van der Waals surface area (Å²) in [4.78, 5) is 28.8. The minimum atomic E-state index is -0.545. The zero-order valence-electron chi connectivity index (χ0n) is 13.5. The number of nitrogens with zero attached hydrogens (tertiary/aromatic N) is 1. The normalized spacial score (nSPS) is 10.6. The number of esters is 1. The maximum Gasteiger partial charge on any atom is 0.338 e. The van der Waals surface area contributed by atoms with Gasteiger partial charge in [-0.1, -0.05) is 23.5 Å². The molecule has 5 nitrogen and oxygen atoms in total. The number of anilines is 1. The lowest BCUT2D eigenvalue weighted by molar-refractivity contribution is 0.0597. The van der Waals surface area contributed by atoms with E-state index in [1.54, 1.807) is 24.3 Å². The average Bonchev–Trinajstić information content (AvgIpc) is 2.95. The summed E-state index contributed by atoms with van der Waals surface area (Å²) in [5.41, 5.74) is 3.67. The number of nitrogens with one attached hydrogen (secondary N) is 1. The van der Waals surface area contributed by atoms with Gasteiger partial charge in [-0.15, -0.1) is 0 Å². The number of hydrogen-bond donors (Lipinski definition) is 1. The molecule has 24 heavy (non-hydrogen) atoms. The lowest BCUT2D eigenvalue weighted by atomic mass is 10.1. The van der Waals surface area contributed by atoms with Crippen LogP contribution in [0.2, 0.25) is 0 Å². The molecule has 0 saturated heterocycles. The van der Waals surface area contributed by atoms with E-state index in [1.807, 2.05) is 19.9 Å². The number of aryl methyl sites for hydroxylation is 2. The van der Waals surface area contributed by atoms with E-state index in [4.69, 9.17) is 4.74 Å². The molecule has 3 aromatic rings. The highest BCUT2D eigenvalue weighted by Crippen LogP contribution is 2.28. The van der Waals surface area contributed by atoms with Crippen LogP contribution in [0.15, 0.2) is 36.4 Å². The number of ether oxygens (including phenoxy) is 1. The van der Waals surface area contributed by atoms with E-state index < -0.39 is 5.97 Å². The second-order valence-corrected chi connectivity index (χ2v) is 6.45. The molecule has 0 unspecified atom stereocenters. The van der Waals surface area contributed by atoms with Crippen LogP contribution in [-0.4, -0.2) is 24.0 Å². The number of methoxy groups -OCH3 is 1. The van der Waals surface area contributed by atoms with Gasteiger partial charge in [0.25, 0.3) is 5.91 Å². The molecular formula is C18H16N2O3S. The molecule has 122 valence electrons. The van der Waals surface area contributed by atoms with Gasteiger partial charge in [0.1, 0.15) is 0 Å². The zero-order chi connectivity index (χ0) is 17.3. The first kappa shape index (κ1) is 16.1. The van der Waals surface area contributed by atoms with Gasteiger partial charge in [0.15, 0.2) is 5.13 Å². The third kappa shape index (κ3) is 3.00. The SMILES string of the molecule is COC(=O)c1ccccc1C(=O)Nc1nc2cc(C)c(C)cc2s1. The van der Waals surface area contributed by atoms with Crippen molar-refractivity contribution in [3.63, 3.8) is 0 Å². The molecule has 1 aromatic heterocycles. The van der Waals surface area contributed by atoms with Crippen LogP contribution in [0.3, 0.4) is 0 Å². The Bertz CT molecular complexity index is 908. The van der Waals surface area contributed by atoms with E-state index in [0.717, 1.165) is 15.8 Å². The standard InChI is InChI=1S/C18H16N2O3S/c1-10-8-14-15(9-11(10)2)24-18(19-14)20-16(21)12-6-4-5-7-13(12)17(22)23-3/h4-9H,1-3H3,(H,19,20,21). The van der Waals surface area contributed by atoms with Crippen LogP contribution in [0.5, 0.6) is 0 Å². The molecule has 1 N–H and O–H groups in total. The van der Waals surface area contributed by atoms with Crippen LogP contribution in [0.1, 0.15) is 31.8 Å². The van der Waals surface area contributed by atoms with E-state index >= 15 is 0 Å². The number of benzene rings is 2. The molecular weight excluding hydrogens is 324 g/mol. The third-order valence-electron chi connectivity index (χ3n) is 3.80. The van der Waals surface area contributed by atoms with Crippen molar-refractivity contribution in [1.29, 1.82) is 0 Å². The Morgan fingerprint density at radius 2 is 1.75 bits per heavy atom. The largest absolute Gasteiger partial charge is 0.465 e. The van der Waals surface area contributed by atoms with Crippen LogP contribution in [0, 0.1) is 13.8 Å². The van der Waals surface area contributed by atoms with Crippen molar-refractivity contribution in [1.82, 2.24) is 4.98 Å². The second-order valence-electron chi connectivity index (χ2n) is 5.41. The highest BCUT2D eigenvalue weighted by molar-refractivity contribution is 7.22. The Labute approximate surface area is 143 Å². The first-order valence-electron chi connectivity index (χ1n) is 7.36. The van der Waals surface area contributed by atoms with Gasteiger partial charge >= 0.3 is 5.97 Å². The fourth-order valence-corrected chi connectivity index (χ4v) is 3.31. The minimum absolute atomic E-state index is 0.227. The molecule has 0 aliphatic heterocycles. The van der Waals surface area contributed by atoms with Gasteiger partial charge in [-0.3, -0.25) is 10.1 Å². The second kappa shape index (κ2) is 6.41. The predicted octanol–water partition coefficient (Wildman–Crippen LogP) is 3.95. The third-order valence-corrected chi connectivity index (χ3v) is 4.73. The van der Waals surface area contributed by atoms with E-state index in [2.05, 4.69) is 16.4 Å². The van der Waals surface area contributed by atoms with E-state index in [1.165, 1.54) is 24.0 Å². The number of carbonyl (C=O) groups is 2. The number of rotatable bonds is 3. The summed E-state index contributed by atoms with van der Waals surface area (Å²) in [6.45, 7) is 4.07. The van der Waals surface area contributed by atoms with Gasteiger partial charge in [-0.05, 0) is 49.2 Å². The highest BCUT2D eigenvalue weighted by atomic mass is 32.1. The molecule has 6 heteroatoms. The van der Waals surface area contributed by atoms with Crippen LogP contribution in [0.4, 0.5) is 5.13 Å². The quantitative estimate of drug-likeness (QED) is 0.733. The van der Waals surface area contributed by atoms with Gasteiger partial charge < -0.3 is 4.74 Å². The number of thiazole rings is 1. The molecule has 0 radical (unpaired) electrons. The molecule has 3 rings (SSSR count). The first-order chi connectivity index (χ1) is 11.5. The lowest BCUT2D eigenvalue weighted by Gasteiger charge is -2.06. The van der Waals surface area contributed by atoms with Gasteiger partial charge in [0.05, 0.1) is 28.5 Å². The van der Waals surface area contributed by atoms with Gasteiger partial charge in [-0.2, -0.15) is 0 Å². The van der Waals surface area contributed by atoms with Crippen LogP contribution >= 0.6 is 11.3 Å². The summed E-state index contributed by atoms with van der Waals surface area (Å²) in [5.74, 6) is -0.931. The Kier molecular flexibility index (Phi) is 4.31. The Balaban J connectivity index is 1.92. The van der Waals surface area contributed by atoms with Crippen molar-refractivity contribution >= 4 is 38.6 Å². The molecule has 0 aliphatic carbocycles. The monoisotopic (exact) mass is 340 g/mol. The Hall–Kier alpha value is -2.73. The van der Waals surface area contributed by atoms with Crippen LogP contribution < -0.4 is 5.32 Å². The topological polar surface area (TPSA) is 68.3 Å². The van der Waals surface area contributed by atoms with E-state index in [-0.39, 0.29) is 17.0 Å². The highest BCUT2D eigenvalue weighted by Gasteiger charge is 2.18. The summed E-state index contributed by atoms with van der Waals surface area (Å²) in [7, 11) is 1.29. The van der Waals surface area contributed by atoms with Gasteiger partial charge in [0.2, 0.25) is 0 Å². The fraction of sp³-hybridized carbons (Fsp3) is 0.167. The fourth-order valence-electron chi connectivity index (χ4n) is 2.37. The Morgan fingerprint density at radius 1 is 1.08 bits per heavy atom. The van der Waals surface area contributed by atoms with Crippen molar-refractivity contribution in [2.75, 3.05) is 12.4 Å². The molecule has 0 aliphatic rings. The average molecular weight is 340 g/mol. The van der Waals surface area contributed by atoms with E-state index in [9.17, 15) is 9.59 Å². The van der Waals surface area contributed by atoms with Crippen molar-refractivity contribution in [3.8, 4) is 0 Å². The van der Waals surface area contributed by atoms with E-state index in [0.29, 0.717) is 5.13 Å². The van der Waals surface area contributed by atoms with Gasteiger partial charge in [0, 0.05) is 0 Å². The number of carbonyl (C=O) groups excluding carboxylic acids is 2. The zero-order valence-corrected chi connectivity index (χ0v) is 14.4. The molecule has 1 heterocycles. The van der Waals surface area contributed by atoms with Crippen molar-refractivity contribution in [2.24, 2.45) is 0 Å². The summed E-state index contributed by atoms with van der Waals surface area (Å²) < 4.78 is 5.73. The molecule has 0 fully saturated rings. The summed E-state index contributed by atoms with van der Waals surface area (Å²) in [6.07, 6.45) is 0. The van der Waals surface area contributed by atoms with Crippen molar-refractivity contribution < 1.29 is 14.3 Å². The maximum atomic E-state index is 12.5. The summed E-state index contributed by atoms with van der Waals surface area (Å²) >= 11 is 1.40. The molecule has 0 saturated carbocycles. The van der Waals surface area contributed by atoms with Crippen LogP contribution in [-0.2, 0) is 4.74 Å². The minimum Gasteiger partial charge on any atom is -0.465 e. The first-order valence-corrected chi connectivity index (χ1v) is 8.17. The molecule has 2 aromatic carbocycles. The number of aromatic nitrogens is 1. The molecule has 0 atom stereocenters. The number of amides is 1. The van der Waals surface area contributed by atoms with Crippen LogP contribution in [0.25, 0.3) is 10.2 Å². The maximum absolute atomic E-state index is 12.5. The Morgan fingerprint density at radius 3 is 2.46 bits per heavy atom.